The molecule has 0 amide bonds. The van der Waals surface area contributed by atoms with Gasteiger partial charge in [-0.15, -0.1) is 0 Å². The number of aromatic hydroxyl groups is 2. The fourth-order valence-electron chi connectivity index (χ4n) is 2.45. The molecule has 0 atom stereocenters. The first-order valence-corrected chi connectivity index (χ1v) is 5.91. The standard InChI is InChI=1S/C14H19NO2/c1-5-15-12(14(2,3)4)11-9(13(15)17)7-6-8-10(11)16/h6-8,16-17H,5H2,1-4H3. The lowest BCUT2D eigenvalue weighted by molar-refractivity contribution is 0.408. The van der Waals surface area contributed by atoms with E-state index in [1.807, 2.05) is 17.6 Å². The second kappa shape index (κ2) is 3.69. The van der Waals surface area contributed by atoms with E-state index in [4.69, 9.17) is 0 Å². The lowest BCUT2D eigenvalue weighted by Gasteiger charge is -2.22. The minimum atomic E-state index is -0.131. The van der Waals surface area contributed by atoms with Crippen LogP contribution in [0.2, 0.25) is 0 Å². The van der Waals surface area contributed by atoms with Crippen molar-refractivity contribution in [1.29, 1.82) is 0 Å². The first-order valence-electron chi connectivity index (χ1n) is 5.91. The second-order valence-corrected chi connectivity index (χ2v) is 5.37. The molecule has 0 unspecified atom stereocenters. The van der Waals surface area contributed by atoms with Gasteiger partial charge in [-0.2, -0.15) is 0 Å². The summed E-state index contributed by atoms with van der Waals surface area (Å²) in [6, 6.07) is 5.26. The first kappa shape index (κ1) is 11.8. The van der Waals surface area contributed by atoms with Gasteiger partial charge in [-0.1, -0.05) is 26.8 Å². The maximum Gasteiger partial charge on any atom is 0.199 e. The van der Waals surface area contributed by atoms with Gasteiger partial charge in [-0.05, 0) is 19.1 Å². The molecular weight excluding hydrogens is 214 g/mol. The molecule has 17 heavy (non-hydrogen) atoms. The van der Waals surface area contributed by atoms with Crippen LogP contribution in [0.1, 0.15) is 33.4 Å². The van der Waals surface area contributed by atoms with Crippen LogP contribution in [-0.4, -0.2) is 14.8 Å². The Kier molecular flexibility index (Phi) is 2.57. The zero-order valence-corrected chi connectivity index (χ0v) is 10.8. The van der Waals surface area contributed by atoms with E-state index in [-0.39, 0.29) is 17.0 Å². The SMILES string of the molecule is CCn1c(O)c2cccc(O)c2c1C(C)(C)C. The monoisotopic (exact) mass is 233 g/mol. The number of hydrogen-bond acceptors (Lipinski definition) is 2. The molecule has 2 aromatic rings. The fraction of sp³-hybridized carbons (Fsp3) is 0.429. The molecule has 1 aromatic heterocycles. The van der Waals surface area contributed by atoms with Crippen molar-refractivity contribution in [2.75, 3.05) is 0 Å². The molecule has 2 rings (SSSR count). The van der Waals surface area contributed by atoms with Crippen LogP contribution in [0.3, 0.4) is 0 Å². The number of benzene rings is 1. The van der Waals surface area contributed by atoms with Crippen molar-refractivity contribution in [3.63, 3.8) is 0 Å². The summed E-state index contributed by atoms with van der Waals surface area (Å²) >= 11 is 0. The highest BCUT2D eigenvalue weighted by Gasteiger charge is 2.26. The number of fused-ring (bicyclic) bond motifs is 1. The number of aromatic nitrogens is 1. The van der Waals surface area contributed by atoms with E-state index in [0.29, 0.717) is 6.54 Å². The lowest BCUT2D eigenvalue weighted by Crippen LogP contribution is -2.17. The predicted octanol–water partition coefficient (Wildman–Crippen LogP) is 3.37. The van der Waals surface area contributed by atoms with Crippen LogP contribution in [0.4, 0.5) is 0 Å². The van der Waals surface area contributed by atoms with E-state index in [0.717, 1.165) is 16.5 Å². The summed E-state index contributed by atoms with van der Waals surface area (Å²) in [5, 5.41) is 21.7. The van der Waals surface area contributed by atoms with Gasteiger partial charge in [-0.3, -0.25) is 0 Å². The van der Waals surface area contributed by atoms with Gasteiger partial charge in [0.15, 0.2) is 5.88 Å². The zero-order valence-electron chi connectivity index (χ0n) is 10.8. The van der Waals surface area contributed by atoms with Gasteiger partial charge in [0.05, 0.1) is 0 Å². The third kappa shape index (κ3) is 1.66. The van der Waals surface area contributed by atoms with Gasteiger partial charge >= 0.3 is 0 Å². The third-order valence-corrected chi connectivity index (χ3v) is 3.07. The summed E-state index contributed by atoms with van der Waals surface area (Å²) in [6.07, 6.45) is 0. The Morgan fingerprint density at radius 1 is 1.18 bits per heavy atom. The predicted molar refractivity (Wildman–Crippen MR) is 69.6 cm³/mol. The highest BCUT2D eigenvalue weighted by molar-refractivity contribution is 5.96. The van der Waals surface area contributed by atoms with Crippen LogP contribution in [-0.2, 0) is 12.0 Å². The topological polar surface area (TPSA) is 45.4 Å². The van der Waals surface area contributed by atoms with E-state index in [1.165, 1.54) is 0 Å². The molecular formula is C14H19NO2. The molecule has 0 bridgehead atoms. The van der Waals surface area contributed by atoms with E-state index in [2.05, 4.69) is 20.8 Å². The Hall–Kier alpha value is -1.64. The van der Waals surface area contributed by atoms with E-state index < -0.39 is 0 Å². The van der Waals surface area contributed by atoms with Crippen LogP contribution >= 0.6 is 0 Å². The molecule has 0 saturated heterocycles. The van der Waals surface area contributed by atoms with Gasteiger partial charge in [0.25, 0.3) is 0 Å². The summed E-state index contributed by atoms with van der Waals surface area (Å²) in [7, 11) is 0. The highest BCUT2D eigenvalue weighted by atomic mass is 16.3. The maximum absolute atomic E-state index is 10.2. The van der Waals surface area contributed by atoms with E-state index in [9.17, 15) is 10.2 Å². The number of nitrogens with zero attached hydrogens (tertiary/aromatic N) is 1. The van der Waals surface area contributed by atoms with E-state index >= 15 is 0 Å². The number of phenols is 1. The van der Waals surface area contributed by atoms with Crippen molar-refractivity contribution in [3.05, 3.63) is 23.9 Å². The Labute approximate surface area is 101 Å². The van der Waals surface area contributed by atoms with Crippen molar-refractivity contribution < 1.29 is 10.2 Å². The zero-order chi connectivity index (χ0) is 12.8. The molecule has 1 heterocycles. The Morgan fingerprint density at radius 3 is 2.35 bits per heavy atom. The molecule has 0 spiro atoms. The van der Waals surface area contributed by atoms with Crippen LogP contribution in [0, 0.1) is 0 Å². The molecule has 3 nitrogen and oxygen atoms in total. The second-order valence-electron chi connectivity index (χ2n) is 5.37. The molecule has 0 saturated carbocycles. The third-order valence-electron chi connectivity index (χ3n) is 3.07. The number of rotatable bonds is 1. The van der Waals surface area contributed by atoms with Crippen LogP contribution < -0.4 is 0 Å². The minimum Gasteiger partial charge on any atom is -0.507 e. The molecule has 3 heteroatoms. The molecule has 0 fully saturated rings. The molecule has 0 radical (unpaired) electrons. The number of phenolic OH excluding ortho intramolecular Hbond substituents is 1. The van der Waals surface area contributed by atoms with Gasteiger partial charge in [0.2, 0.25) is 0 Å². The lowest BCUT2D eigenvalue weighted by atomic mass is 9.89. The number of hydrogen-bond donors (Lipinski definition) is 2. The van der Waals surface area contributed by atoms with Gasteiger partial charge in [0, 0.05) is 28.4 Å². The average Bonchev–Trinajstić information content (AvgIpc) is 2.53. The normalized spacial score (nSPS) is 12.2. The van der Waals surface area contributed by atoms with Crippen LogP contribution in [0.15, 0.2) is 18.2 Å². The molecule has 0 aliphatic carbocycles. The Balaban J connectivity index is 2.97. The summed E-state index contributed by atoms with van der Waals surface area (Å²) in [6.45, 7) is 8.93. The summed E-state index contributed by atoms with van der Waals surface area (Å²) < 4.78 is 1.87. The van der Waals surface area contributed by atoms with Crippen molar-refractivity contribution in [3.8, 4) is 11.6 Å². The Bertz CT molecular complexity index is 562. The average molecular weight is 233 g/mol. The van der Waals surface area contributed by atoms with Crippen LogP contribution in [0.25, 0.3) is 10.8 Å². The molecule has 1 aromatic carbocycles. The smallest absolute Gasteiger partial charge is 0.199 e. The largest absolute Gasteiger partial charge is 0.507 e. The Morgan fingerprint density at radius 2 is 1.82 bits per heavy atom. The maximum atomic E-state index is 10.2. The summed E-state index contributed by atoms with van der Waals surface area (Å²) in [4.78, 5) is 0. The van der Waals surface area contributed by atoms with Crippen molar-refractivity contribution in [2.24, 2.45) is 0 Å². The van der Waals surface area contributed by atoms with Crippen molar-refractivity contribution in [2.45, 2.75) is 39.7 Å². The summed E-state index contributed by atoms with van der Waals surface area (Å²) in [5.74, 6) is 0.471. The van der Waals surface area contributed by atoms with E-state index in [1.54, 1.807) is 12.1 Å². The molecule has 92 valence electrons. The first-order chi connectivity index (χ1) is 7.88. The van der Waals surface area contributed by atoms with Gasteiger partial charge in [-0.25, -0.2) is 0 Å². The molecule has 2 N–H and O–H groups in total. The molecule has 0 aliphatic rings. The fourth-order valence-corrected chi connectivity index (χ4v) is 2.45. The highest BCUT2D eigenvalue weighted by Crippen LogP contribution is 2.42. The summed E-state index contributed by atoms with van der Waals surface area (Å²) in [5.41, 5.74) is 0.847. The van der Waals surface area contributed by atoms with Gasteiger partial charge in [0.1, 0.15) is 5.75 Å². The van der Waals surface area contributed by atoms with Crippen LogP contribution in [0.5, 0.6) is 11.6 Å². The van der Waals surface area contributed by atoms with Crippen molar-refractivity contribution >= 4 is 10.8 Å². The quantitative estimate of drug-likeness (QED) is 0.793. The van der Waals surface area contributed by atoms with Gasteiger partial charge < -0.3 is 14.8 Å². The molecule has 0 aliphatic heterocycles. The minimum absolute atomic E-state index is 0.131. The van der Waals surface area contributed by atoms with Crippen molar-refractivity contribution in [1.82, 2.24) is 4.57 Å².